The molecule has 2 heteroatoms. The molecule has 0 heterocycles. The van der Waals surface area contributed by atoms with Gasteiger partial charge in [0.15, 0.2) is 5.78 Å². The van der Waals surface area contributed by atoms with Crippen molar-refractivity contribution in [2.24, 2.45) is 11.8 Å². The van der Waals surface area contributed by atoms with E-state index in [0.29, 0.717) is 12.5 Å². The molecule has 0 amide bonds. The van der Waals surface area contributed by atoms with Gasteiger partial charge in [0.25, 0.3) is 0 Å². The van der Waals surface area contributed by atoms with Crippen LogP contribution >= 0.6 is 0 Å². The zero-order chi connectivity index (χ0) is 10.4. The monoisotopic (exact) mass is 186 g/mol. The lowest BCUT2D eigenvalue weighted by Gasteiger charge is -2.14. The van der Waals surface area contributed by atoms with Crippen LogP contribution in [-0.2, 0) is 9.53 Å². The molecule has 0 aromatic heterocycles. The quantitative estimate of drug-likeness (QED) is 0.637. The molecule has 0 spiro atoms. The Hall–Kier alpha value is -0.370. The molecule has 0 saturated carbocycles. The topological polar surface area (TPSA) is 26.3 Å². The zero-order valence-electron chi connectivity index (χ0n) is 9.46. The van der Waals surface area contributed by atoms with Crippen molar-refractivity contribution >= 4 is 5.78 Å². The van der Waals surface area contributed by atoms with Gasteiger partial charge in [-0.2, -0.15) is 0 Å². The van der Waals surface area contributed by atoms with E-state index in [4.69, 9.17) is 4.74 Å². The van der Waals surface area contributed by atoms with E-state index in [2.05, 4.69) is 13.8 Å². The van der Waals surface area contributed by atoms with Crippen LogP contribution in [0, 0.1) is 11.8 Å². The lowest BCUT2D eigenvalue weighted by Crippen LogP contribution is -2.25. The Balaban J connectivity index is 3.62. The van der Waals surface area contributed by atoms with E-state index in [-0.39, 0.29) is 17.8 Å². The van der Waals surface area contributed by atoms with Crippen LogP contribution in [0.25, 0.3) is 0 Å². The van der Waals surface area contributed by atoms with Crippen molar-refractivity contribution in [1.82, 2.24) is 0 Å². The number of ether oxygens (including phenoxy) is 1. The van der Waals surface area contributed by atoms with Gasteiger partial charge >= 0.3 is 0 Å². The molecule has 0 saturated heterocycles. The smallest absolute Gasteiger partial charge is 0.163 e. The molecule has 0 aliphatic carbocycles. The normalized spacial score (nSPS) is 13.8. The predicted molar refractivity (Wildman–Crippen MR) is 54.7 cm³/mol. The fraction of sp³-hybridized carbons (Fsp3) is 0.909. The first-order valence-corrected chi connectivity index (χ1v) is 5.10. The van der Waals surface area contributed by atoms with Crippen LogP contribution in [0.1, 0.15) is 41.0 Å². The first kappa shape index (κ1) is 12.6. The Labute approximate surface area is 81.7 Å². The van der Waals surface area contributed by atoms with Gasteiger partial charge < -0.3 is 4.74 Å². The van der Waals surface area contributed by atoms with E-state index >= 15 is 0 Å². The number of carbonyl (C=O) groups excluding carboxylic acids is 1. The molecule has 2 nitrogen and oxygen atoms in total. The van der Waals surface area contributed by atoms with Gasteiger partial charge in [0, 0.05) is 12.5 Å². The summed E-state index contributed by atoms with van der Waals surface area (Å²) in [6, 6.07) is 0. The maximum absolute atomic E-state index is 11.4. The van der Waals surface area contributed by atoms with Gasteiger partial charge in [-0.3, -0.25) is 4.79 Å². The second-order valence-corrected chi connectivity index (χ2v) is 4.25. The lowest BCUT2D eigenvalue weighted by atomic mass is 10.1. The van der Waals surface area contributed by atoms with E-state index in [1.54, 1.807) is 0 Å². The summed E-state index contributed by atoms with van der Waals surface area (Å²) in [5.74, 6) is 0.916. The van der Waals surface area contributed by atoms with Crippen molar-refractivity contribution in [3.63, 3.8) is 0 Å². The Kier molecular flexibility index (Phi) is 5.97. The van der Waals surface area contributed by atoms with Crippen molar-refractivity contribution in [2.45, 2.75) is 47.1 Å². The number of carbonyl (C=O) groups is 1. The third-order valence-corrected chi connectivity index (χ3v) is 2.03. The predicted octanol–water partition coefficient (Wildman–Crippen LogP) is 2.66. The molecule has 0 aromatic carbocycles. The highest BCUT2D eigenvalue weighted by Gasteiger charge is 2.16. The van der Waals surface area contributed by atoms with Crippen molar-refractivity contribution in [1.29, 1.82) is 0 Å². The minimum atomic E-state index is -0.237. The van der Waals surface area contributed by atoms with Crippen LogP contribution < -0.4 is 0 Å². The molecule has 0 fully saturated rings. The molecule has 0 aliphatic rings. The van der Waals surface area contributed by atoms with Gasteiger partial charge in [-0.25, -0.2) is 0 Å². The largest absolute Gasteiger partial charge is 0.371 e. The average Bonchev–Trinajstić information content (AvgIpc) is 2.02. The summed E-state index contributed by atoms with van der Waals surface area (Å²) >= 11 is 0. The Morgan fingerprint density at radius 3 is 2.08 bits per heavy atom. The summed E-state index contributed by atoms with van der Waals surface area (Å²) in [5, 5.41) is 0. The highest BCUT2D eigenvalue weighted by molar-refractivity contribution is 5.84. The minimum absolute atomic E-state index is 0.0778. The van der Waals surface area contributed by atoms with Gasteiger partial charge in [0.2, 0.25) is 0 Å². The summed E-state index contributed by atoms with van der Waals surface area (Å²) in [4.78, 5) is 11.4. The summed E-state index contributed by atoms with van der Waals surface area (Å²) in [7, 11) is 0. The molecule has 0 rings (SSSR count). The number of Topliss-reactive ketones (excluding diaryl/α,β-unsaturated/α-hetero) is 1. The first-order valence-electron chi connectivity index (χ1n) is 5.10. The summed E-state index contributed by atoms with van der Waals surface area (Å²) in [5.41, 5.74) is 0. The van der Waals surface area contributed by atoms with Crippen LogP contribution in [0.4, 0.5) is 0 Å². The second kappa shape index (κ2) is 6.14. The van der Waals surface area contributed by atoms with Crippen LogP contribution in [0.15, 0.2) is 0 Å². The Morgan fingerprint density at radius 1 is 1.15 bits per heavy atom. The van der Waals surface area contributed by atoms with Crippen LogP contribution in [0.3, 0.4) is 0 Å². The highest BCUT2D eigenvalue weighted by atomic mass is 16.5. The van der Waals surface area contributed by atoms with Crippen LogP contribution in [0.2, 0.25) is 0 Å². The summed E-state index contributed by atoms with van der Waals surface area (Å²) < 4.78 is 5.43. The van der Waals surface area contributed by atoms with Crippen LogP contribution in [0.5, 0.6) is 0 Å². The third kappa shape index (κ3) is 5.81. The van der Waals surface area contributed by atoms with Gasteiger partial charge in [0.1, 0.15) is 6.10 Å². The summed E-state index contributed by atoms with van der Waals surface area (Å²) in [6.07, 6.45) is 0.786. The maximum atomic E-state index is 11.4. The number of rotatable bonds is 6. The average molecular weight is 186 g/mol. The molecule has 1 atom stereocenters. The lowest BCUT2D eigenvalue weighted by molar-refractivity contribution is -0.132. The zero-order valence-corrected chi connectivity index (χ0v) is 9.46. The molecule has 0 bridgehead atoms. The minimum Gasteiger partial charge on any atom is -0.371 e. The second-order valence-electron chi connectivity index (χ2n) is 4.25. The SMILES string of the molecule is CC(C)CCO[C@H](C)C(=O)C(C)C. The maximum Gasteiger partial charge on any atom is 0.163 e. The fourth-order valence-electron chi connectivity index (χ4n) is 1.03. The fourth-order valence-corrected chi connectivity index (χ4v) is 1.03. The number of ketones is 1. The van der Waals surface area contributed by atoms with E-state index in [1.165, 1.54) is 0 Å². The van der Waals surface area contributed by atoms with Gasteiger partial charge in [0.05, 0.1) is 0 Å². The molecule has 13 heavy (non-hydrogen) atoms. The van der Waals surface area contributed by atoms with E-state index in [1.807, 2.05) is 20.8 Å². The third-order valence-electron chi connectivity index (χ3n) is 2.03. The van der Waals surface area contributed by atoms with Crippen molar-refractivity contribution in [3.8, 4) is 0 Å². The molecule has 78 valence electrons. The number of hydrogen-bond donors (Lipinski definition) is 0. The standard InChI is InChI=1S/C11H22O2/c1-8(2)6-7-13-10(5)11(12)9(3)4/h8-10H,6-7H2,1-5H3/t10-/m1/s1. The molecule has 0 unspecified atom stereocenters. The summed E-state index contributed by atoms with van der Waals surface area (Å²) in [6.45, 7) is 10.6. The highest BCUT2D eigenvalue weighted by Crippen LogP contribution is 2.05. The first-order chi connectivity index (χ1) is 5.95. The molecular weight excluding hydrogens is 164 g/mol. The molecule has 0 aromatic rings. The van der Waals surface area contributed by atoms with Gasteiger partial charge in [-0.15, -0.1) is 0 Å². The molecule has 0 N–H and O–H groups in total. The molecular formula is C11H22O2. The van der Waals surface area contributed by atoms with Crippen molar-refractivity contribution < 1.29 is 9.53 Å². The number of hydrogen-bond acceptors (Lipinski definition) is 2. The van der Waals surface area contributed by atoms with Gasteiger partial charge in [-0.05, 0) is 19.3 Å². The van der Waals surface area contributed by atoms with E-state index in [0.717, 1.165) is 6.42 Å². The molecule has 0 radical (unpaired) electrons. The van der Waals surface area contributed by atoms with Crippen molar-refractivity contribution in [2.75, 3.05) is 6.61 Å². The van der Waals surface area contributed by atoms with E-state index in [9.17, 15) is 4.79 Å². The van der Waals surface area contributed by atoms with Crippen LogP contribution in [-0.4, -0.2) is 18.5 Å². The van der Waals surface area contributed by atoms with Crippen molar-refractivity contribution in [3.05, 3.63) is 0 Å². The Morgan fingerprint density at radius 2 is 1.69 bits per heavy atom. The van der Waals surface area contributed by atoms with E-state index < -0.39 is 0 Å². The molecule has 0 aliphatic heterocycles. The van der Waals surface area contributed by atoms with Gasteiger partial charge in [-0.1, -0.05) is 27.7 Å². The Bertz CT molecular complexity index is 150.